The van der Waals surface area contributed by atoms with Crippen LogP contribution in [-0.2, 0) is 32.1 Å². The van der Waals surface area contributed by atoms with E-state index in [-0.39, 0.29) is 21.6 Å². The monoisotopic (exact) mass is 630 g/mol. The third-order valence-corrected chi connectivity index (χ3v) is 9.79. The molecule has 0 bridgehead atoms. The first-order valence-electron chi connectivity index (χ1n) is 15.7. The number of anilines is 1. The molecule has 0 saturated carbocycles. The molecule has 1 amide bonds. The first kappa shape index (κ1) is 32.7. The Labute approximate surface area is 267 Å². The van der Waals surface area contributed by atoms with Crippen molar-refractivity contribution in [2.45, 2.75) is 63.8 Å². The summed E-state index contributed by atoms with van der Waals surface area (Å²) < 4.78 is 36.7. The standard InChI is InChI=1S/C36H46N4O4S/c1-35(2,3)28-9-7-26(8-10-28)25-40-32-16-13-30(38-45(42,43)31-14-11-29(12-15-31)36(4,5)6)23-27(32)24-33(40)34(41)37-17-18-39-19-21-44-22-20-39/h7-16,23-24,38H,17-22,25H2,1-6H3,(H,37,41). The summed E-state index contributed by atoms with van der Waals surface area (Å²) in [4.78, 5) is 16.0. The summed E-state index contributed by atoms with van der Waals surface area (Å²) in [6, 6.07) is 22.8. The molecule has 9 heteroatoms. The lowest BCUT2D eigenvalue weighted by Crippen LogP contribution is -2.41. The molecule has 1 aromatic heterocycles. The van der Waals surface area contributed by atoms with Crippen LogP contribution in [0, 0.1) is 0 Å². The Morgan fingerprint density at radius 1 is 0.822 bits per heavy atom. The molecule has 0 spiro atoms. The average molecular weight is 631 g/mol. The van der Waals surface area contributed by atoms with Crippen LogP contribution in [0.5, 0.6) is 0 Å². The number of carbonyl (C=O) groups is 1. The summed E-state index contributed by atoms with van der Waals surface area (Å²) in [7, 11) is -3.80. The third kappa shape index (κ3) is 7.95. The number of sulfonamides is 1. The highest BCUT2D eigenvalue weighted by Gasteiger charge is 2.21. The van der Waals surface area contributed by atoms with Crippen molar-refractivity contribution in [2.75, 3.05) is 44.1 Å². The number of nitrogens with zero attached hydrogens (tertiary/aromatic N) is 2. The number of hydrogen-bond acceptors (Lipinski definition) is 5. The molecule has 2 heterocycles. The van der Waals surface area contributed by atoms with Gasteiger partial charge in [0.1, 0.15) is 5.69 Å². The number of hydrogen-bond donors (Lipinski definition) is 2. The Hall–Kier alpha value is -3.66. The highest BCUT2D eigenvalue weighted by atomic mass is 32.2. The van der Waals surface area contributed by atoms with Crippen LogP contribution in [0.2, 0.25) is 0 Å². The van der Waals surface area contributed by atoms with Gasteiger partial charge in [0.05, 0.1) is 18.1 Å². The third-order valence-electron chi connectivity index (χ3n) is 8.39. The molecule has 4 aromatic rings. The van der Waals surface area contributed by atoms with E-state index in [1.807, 2.05) is 28.8 Å². The second-order valence-electron chi connectivity index (χ2n) is 13.9. The Kier molecular flexibility index (Phi) is 9.44. The van der Waals surface area contributed by atoms with Gasteiger partial charge in [0, 0.05) is 49.3 Å². The molecule has 3 aromatic carbocycles. The van der Waals surface area contributed by atoms with Crippen LogP contribution in [0.15, 0.2) is 77.7 Å². The number of carbonyl (C=O) groups excluding carboxylic acids is 1. The summed E-state index contributed by atoms with van der Waals surface area (Å²) in [5.74, 6) is -0.160. The summed E-state index contributed by atoms with van der Waals surface area (Å²) in [6.45, 7) is 17.8. The predicted octanol–water partition coefficient (Wildman–Crippen LogP) is 6.15. The van der Waals surface area contributed by atoms with Gasteiger partial charge in [-0.15, -0.1) is 0 Å². The molecule has 0 aliphatic carbocycles. The molecule has 5 rings (SSSR count). The number of fused-ring (bicyclic) bond motifs is 1. The van der Waals surface area contributed by atoms with Gasteiger partial charge in [-0.2, -0.15) is 0 Å². The molecule has 1 saturated heterocycles. The number of benzene rings is 3. The molecule has 2 N–H and O–H groups in total. The van der Waals surface area contributed by atoms with E-state index in [1.54, 1.807) is 24.3 Å². The van der Waals surface area contributed by atoms with E-state index in [4.69, 9.17) is 4.74 Å². The quantitative estimate of drug-likeness (QED) is 0.232. The molecule has 1 aliphatic heterocycles. The van der Waals surface area contributed by atoms with Crippen LogP contribution in [0.25, 0.3) is 10.9 Å². The average Bonchev–Trinajstić information content (AvgIpc) is 3.34. The van der Waals surface area contributed by atoms with E-state index >= 15 is 0 Å². The van der Waals surface area contributed by atoms with Gasteiger partial charge in [-0.25, -0.2) is 8.42 Å². The second-order valence-corrected chi connectivity index (χ2v) is 15.6. The molecule has 1 fully saturated rings. The second kappa shape index (κ2) is 13.0. The first-order valence-corrected chi connectivity index (χ1v) is 17.1. The fourth-order valence-corrected chi connectivity index (χ4v) is 6.63. The van der Waals surface area contributed by atoms with Crippen LogP contribution in [0.4, 0.5) is 5.69 Å². The van der Waals surface area contributed by atoms with Gasteiger partial charge in [-0.05, 0) is 63.9 Å². The Morgan fingerprint density at radius 2 is 1.42 bits per heavy atom. The van der Waals surface area contributed by atoms with E-state index in [1.165, 1.54) is 5.56 Å². The lowest BCUT2D eigenvalue weighted by Gasteiger charge is -2.26. The van der Waals surface area contributed by atoms with Crippen molar-refractivity contribution in [1.82, 2.24) is 14.8 Å². The summed E-state index contributed by atoms with van der Waals surface area (Å²) >= 11 is 0. The maximum absolute atomic E-state index is 13.6. The summed E-state index contributed by atoms with van der Waals surface area (Å²) in [6.07, 6.45) is 0. The largest absolute Gasteiger partial charge is 0.379 e. The van der Waals surface area contributed by atoms with Gasteiger partial charge in [0.25, 0.3) is 15.9 Å². The minimum Gasteiger partial charge on any atom is -0.379 e. The topological polar surface area (TPSA) is 92.7 Å². The van der Waals surface area contributed by atoms with Crippen LogP contribution in [0.1, 0.15) is 68.7 Å². The Morgan fingerprint density at radius 3 is 2.02 bits per heavy atom. The Balaban J connectivity index is 1.42. The highest BCUT2D eigenvalue weighted by Crippen LogP contribution is 2.29. The van der Waals surface area contributed by atoms with Gasteiger partial charge in [-0.3, -0.25) is 14.4 Å². The normalized spacial score (nSPS) is 14.9. The van der Waals surface area contributed by atoms with Crippen molar-refractivity contribution in [3.8, 4) is 0 Å². The number of morpholine rings is 1. The molecule has 45 heavy (non-hydrogen) atoms. The van der Waals surface area contributed by atoms with E-state index in [9.17, 15) is 13.2 Å². The van der Waals surface area contributed by atoms with Crippen LogP contribution < -0.4 is 10.0 Å². The number of nitrogens with one attached hydrogen (secondary N) is 2. The van der Waals surface area contributed by atoms with Gasteiger partial charge >= 0.3 is 0 Å². The van der Waals surface area contributed by atoms with Crippen molar-refractivity contribution in [1.29, 1.82) is 0 Å². The van der Waals surface area contributed by atoms with Gasteiger partial charge in [-0.1, -0.05) is 77.9 Å². The summed E-state index contributed by atoms with van der Waals surface area (Å²) in [5.41, 5.74) is 5.18. The number of ether oxygens (including phenoxy) is 1. The maximum Gasteiger partial charge on any atom is 0.267 e. The van der Waals surface area contributed by atoms with Crippen molar-refractivity contribution in [2.24, 2.45) is 0 Å². The Bertz CT molecular complexity index is 1740. The van der Waals surface area contributed by atoms with E-state index in [0.717, 1.165) is 41.7 Å². The molecule has 1 aliphatic rings. The minimum absolute atomic E-state index is 0.0442. The summed E-state index contributed by atoms with van der Waals surface area (Å²) in [5, 5.41) is 3.88. The lowest BCUT2D eigenvalue weighted by atomic mass is 9.87. The molecule has 240 valence electrons. The lowest BCUT2D eigenvalue weighted by molar-refractivity contribution is 0.0383. The fraction of sp³-hybridized carbons (Fsp3) is 0.417. The van der Waals surface area contributed by atoms with Crippen LogP contribution in [0.3, 0.4) is 0 Å². The maximum atomic E-state index is 13.6. The minimum atomic E-state index is -3.80. The van der Waals surface area contributed by atoms with Crippen molar-refractivity contribution in [3.63, 3.8) is 0 Å². The van der Waals surface area contributed by atoms with E-state index in [0.29, 0.717) is 37.7 Å². The van der Waals surface area contributed by atoms with Crippen molar-refractivity contribution in [3.05, 3.63) is 95.2 Å². The zero-order chi connectivity index (χ0) is 32.4. The number of rotatable bonds is 9. The first-order chi connectivity index (χ1) is 21.2. The van der Waals surface area contributed by atoms with Crippen LogP contribution >= 0.6 is 0 Å². The number of amides is 1. The van der Waals surface area contributed by atoms with E-state index < -0.39 is 10.0 Å². The van der Waals surface area contributed by atoms with Crippen molar-refractivity contribution < 1.29 is 17.9 Å². The van der Waals surface area contributed by atoms with Crippen molar-refractivity contribution >= 4 is 32.5 Å². The smallest absolute Gasteiger partial charge is 0.267 e. The van der Waals surface area contributed by atoms with Gasteiger partial charge in [0.2, 0.25) is 0 Å². The highest BCUT2D eigenvalue weighted by molar-refractivity contribution is 7.92. The molecule has 0 radical (unpaired) electrons. The van der Waals surface area contributed by atoms with Gasteiger partial charge < -0.3 is 14.6 Å². The van der Waals surface area contributed by atoms with Crippen LogP contribution in [-0.4, -0.2) is 63.2 Å². The zero-order valence-electron chi connectivity index (χ0n) is 27.3. The predicted molar refractivity (Wildman–Crippen MR) is 182 cm³/mol. The molecule has 0 atom stereocenters. The van der Waals surface area contributed by atoms with Gasteiger partial charge in [0.15, 0.2) is 0 Å². The fourth-order valence-electron chi connectivity index (χ4n) is 5.58. The number of aromatic nitrogens is 1. The van der Waals surface area contributed by atoms with E-state index in [2.05, 4.69) is 80.7 Å². The molecule has 0 unspecified atom stereocenters. The zero-order valence-corrected chi connectivity index (χ0v) is 28.1. The molecular formula is C36H46N4O4S. The molecular weight excluding hydrogens is 584 g/mol. The molecule has 8 nitrogen and oxygen atoms in total. The SMILES string of the molecule is CC(C)(C)c1ccc(Cn2c(C(=O)NCCN3CCOCC3)cc3cc(NS(=O)(=O)c4ccc(C(C)(C)C)cc4)ccc32)cc1.